The van der Waals surface area contributed by atoms with Crippen molar-refractivity contribution in [3.63, 3.8) is 0 Å². The standard InChI is InChI=1S/C19H24N2O6.C2H6/c1-19(2,3)27-18(24)21-15(17(23)26-5)10-12-8-11-9-13(25-4)6-7-14(11)20-16(12)22;1-2/h6-9,15H,10H2,1-5H3,(H,20,22)(H,21,24);1-2H3. The Morgan fingerprint density at radius 3 is 2.34 bits per heavy atom. The van der Waals surface area contributed by atoms with Crippen LogP contribution in [0.2, 0.25) is 0 Å². The van der Waals surface area contributed by atoms with Crippen LogP contribution in [0.15, 0.2) is 29.1 Å². The maximum absolute atomic E-state index is 12.4. The van der Waals surface area contributed by atoms with Crippen molar-refractivity contribution < 1.29 is 23.8 Å². The number of esters is 1. The monoisotopic (exact) mass is 406 g/mol. The normalized spacial score (nSPS) is 11.7. The van der Waals surface area contributed by atoms with Crippen molar-refractivity contribution in [2.45, 2.75) is 52.7 Å². The highest BCUT2D eigenvalue weighted by Gasteiger charge is 2.26. The number of amides is 1. The molecule has 1 aromatic heterocycles. The highest BCUT2D eigenvalue weighted by molar-refractivity contribution is 5.83. The van der Waals surface area contributed by atoms with Gasteiger partial charge in [0.15, 0.2) is 0 Å². The summed E-state index contributed by atoms with van der Waals surface area (Å²) in [5.41, 5.74) is -0.115. The molecule has 2 aromatic rings. The quantitative estimate of drug-likeness (QED) is 0.739. The zero-order valence-corrected chi connectivity index (χ0v) is 18.0. The first-order valence-corrected chi connectivity index (χ1v) is 9.40. The Kier molecular flexibility index (Phi) is 8.69. The molecule has 0 aliphatic carbocycles. The third-order valence-electron chi connectivity index (χ3n) is 3.73. The van der Waals surface area contributed by atoms with Crippen molar-refractivity contribution in [2.75, 3.05) is 14.2 Å². The Morgan fingerprint density at radius 1 is 1.14 bits per heavy atom. The van der Waals surface area contributed by atoms with Gasteiger partial charge in [-0.3, -0.25) is 4.79 Å². The maximum Gasteiger partial charge on any atom is 0.408 e. The number of nitrogens with one attached hydrogen (secondary N) is 2. The molecule has 2 rings (SSSR count). The molecule has 29 heavy (non-hydrogen) atoms. The number of hydrogen-bond donors (Lipinski definition) is 2. The van der Waals surface area contributed by atoms with Crippen LogP contribution in [0.1, 0.15) is 40.2 Å². The van der Waals surface area contributed by atoms with E-state index in [0.29, 0.717) is 16.8 Å². The van der Waals surface area contributed by atoms with Gasteiger partial charge in [-0.2, -0.15) is 0 Å². The van der Waals surface area contributed by atoms with Crippen molar-refractivity contribution in [3.8, 4) is 5.75 Å². The fourth-order valence-corrected chi connectivity index (χ4v) is 2.51. The molecule has 1 unspecified atom stereocenters. The Bertz CT molecular complexity index is 898. The van der Waals surface area contributed by atoms with Crippen LogP contribution >= 0.6 is 0 Å². The summed E-state index contributed by atoms with van der Waals surface area (Å²) < 4.78 is 15.1. The molecule has 160 valence electrons. The molecule has 0 bridgehead atoms. The number of pyridine rings is 1. The number of ether oxygens (including phenoxy) is 3. The number of hydrogen-bond acceptors (Lipinski definition) is 6. The molecule has 2 N–H and O–H groups in total. The smallest absolute Gasteiger partial charge is 0.408 e. The second-order valence-corrected chi connectivity index (χ2v) is 7.00. The van der Waals surface area contributed by atoms with Gasteiger partial charge in [-0.05, 0) is 45.0 Å². The number of alkyl carbamates (subject to hydrolysis) is 1. The Balaban J connectivity index is 0.00000204. The van der Waals surface area contributed by atoms with E-state index in [-0.39, 0.29) is 12.0 Å². The van der Waals surface area contributed by atoms with Gasteiger partial charge in [-0.25, -0.2) is 9.59 Å². The van der Waals surface area contributed by atoms with Crippen molar-refractivity contribution in [1.29, 1.82) is 0 Å². The van der Waals surface area contributed by atoms with Gasteiger partial charge in [-0.15, -0.1) is 0 Å². The van der Waals surface area contributed by atoms with Crippen molar-refractivity contribution in [1.82, 2.24) is 10.3 Å². The number of benzene rings is 1. The minimum Gasteiger partial charge on any atom is -0.497 e. The molecule has 0 radical (unpaired) electrons. The van der Waals surface area contributed by atoms with Crippen LogP contribution < -0.4 is 15.6 Å². The molecule has 1 amide bonds. The van der Waals surface area contributed by atoms with Gasteiger partial charge in [0.25, 0.3) is 5.56 Å². The van der Waals surface area contributed by atoms with Crippen molar-refractivity contribution in [3.05, 3.63) is 40.2 Å². The van der Waals surface area contributed by atoms with Crippen molar-refractivity contribution >= 4 is 23.0 Å². The van der Waals surface area contributed by atoms with Crippen molar-refractivity contribution in [2.24, 2.45) is 0 Å². The summed E-state index contributed by atoms with van der Waals surface area (Å²) in [6.45, 7) is 9.13. The van der Waals surface area contributed by atoms with E-state index in [0.717, 1.165) is 5.39 Å². The van der Waals surface area contributed by atoms with Crippen LogP contribution in [-0.2, 0) is 20.7 Å². The predicted molar refractivity (Wildman–Crippen MR) is 111 cm³/mol. The summed E-state index contributed by atoms with van der Waals surface area (Å²) >= 11 is 0. The van der Waals surface area contributed by atoms with E-state index < -0.39 is 23.7 Å². The SMILES string of the molecule is CC.COC(=O)C(Cc1cc2cc(OC)ccc2[nH]c1=O)NC(=O)OC(C)(C)C. The number of aromatic amines is 1. The van der Waals surface area contributed by atoms with Gasteiger partial charge < -0.3 is 24.5 Å². The molecule has 1 aromatic carbocycles. The first-order valence-electron chi connectivity index (χ1n) is 9.40. The average molecular weight is 406 g/mol. The van der Waals surface area contributed by atoms with Crippen LogP contribution in [0.5, 0.6) is 5.75 Å². The van der Waals surface area contributed by atoms with Gasteiger partial charge in [-0.1, -0.05) is 13.8 Å². The lowest BCUT2D eigenvalue weighted by atomic mass is 10.1. The molecule has 8 heteroatoms. The molecule has 0 aliphatic rings. The number of rotatable bonds is 5. The molecule has 0 spiro atoms. The van der Waals surface area contributed by atoms with Crippen LogP contribution in [0.25, 0.3) is 10.9 Å². The first kappa shape index (κ1) is 24.0. The number of carbonyl (C=O) groups excluding carboxylic acids is 2. The fraction of sp³-hybridized carbons (Fsp3) is 0.476. The Labute approximate surface area is 170 Å². The number of H-pyrrole nitrogens is 1. The lowest BCUT2D eigenvalue weighted by Crippen LogP contribution is -2.45. The second kappa shape index (κ2) is 10.5. The highest BCUT2D eigenvalue weighted by Crippen LogP contribution is 2.19. The third kappa shape index (κ3) is 7.14. The zero-order valence-electron chi connectivity index (χ0n) is 18.0. The fourth-order valence-electron chi connectivity index (χ4n) is 2.51. The largest absolute Gasteiger partial charge is 0.497 e. The van der Waals surface area contributed by atoms with E-state index >= 15 is 0 Å². The van der Waals surface area contributed by atoms with Crippen LogP contribution in [0.3, 0.4) is 0 Å². The molecular formula is C21H30N2O6. The lowest BCUT2D eigenvalue weighted by Gasteiger charge is -2.22. The summed E-state index contributed by atoms with van der Waals surface area (Å²) in [6, 6.07) is 5.83. The minimum atomic E-state index is -1.06. The van der Waals surface area contributed by atoms with E-state index in [2.05, 4.69) is 10.3 Å². The lowest BCUT2D eigenvalue weighted by molar-refractivity contribution is -0.143. The molecular weight excluding hydrogens is 376 g/mol. The number of aromatic nitrogens is 1. The first-order chi connectivity index (χ1) is 13.6. The Morgan fingerprint density at radius 2 is 1.79 bits per heavy atom. The molecule has 1 atom stereocenters. The molecule has 8 nitrogen and oxygen atoms in total. The van der Waals surface area contributed by atoms with Crippen LogP contribution in [0.4, 0.5) is 4.79 Å². The van der Waals surface area contributed by atoms with E-state index in [1.807, 2.05) is 13.8 Å². The third-order valence-corrected chi connectivity index (χ3v) is 3.73. The van der Waals surface area contributed by atoms with E-state index in [1.165, 1.54) is 7.11 Å². The topological polar surface area (TPSA) is 107 Å². The van der Waals surface area contributed by atoms with Crippen LogP contribution in [0, 0.1) is 0 Å². The molecule has 0 saturated heterocycles. The number of carbonyl (C=O) groups is 2. The Hall–Kier alpha value is -3.03. The average Bonchev–Trinajstić information content (AvgIpc) is 2.67. The predicted octanol–water partition coefficient (Wildman–Crippen LogP) is 3.17. The molecule has 0 aliphatic heterocycles. The van der Waals surface area contributed by atoms with Gasteiger partial charge in [0.2, 0.25) is 0 Å². The van der Waals surface area contributed by atoms with Gasteiger partial charge in [0.1, 0.15) is 17.4 Å². The molecule has 1 heterocycles. The summed E-state index contributed by atoms with van der Waals surface area (Å²) in [5.74, 6) is -0.0390. The zero-order chi connectivity index (χ0) is 22.2. The number of methoxy groups -OCH3 is 2. The van der Waals surface area contributed by atoms with Gasteiger partial charge >= 0.3 is 12.1 Å². The van der Waals surface area contributed by atoms with E-state index in [4.69, 9.17) is 14.2 Å². The number of fused-ring (bicyclic) bond motifs is 1. The van der Waals surface area contributed by atoms with E-state index in [9.17, 15) is 14.4 Å². The van der Waals surface area contributed by atoms with Crippen LogP contribution in [-0.4, -0.2) is 42.9 Å². The van der Waals surface area contributed by atoms with Gasteiger partial charge in [0.05, 0.1) is 14.2 Å². The van der Waals surface area contributed by atoms with Gasteiger partial charge in [0, 0.05) is 22.9 Å². The summed E-state index contributed by atoms with van der Waals surface area (Å²) in [6.07, 6.45) is -0.814. The molecule has 0 saturated carbocycles. The highest BCUT2D eigenvalue weighted by atomic mass is 16.6. The minimum absolute atomic E-state index is 0.0472. The summed E-state index contributed by atoms with van der Waals surface area (Å²) in [4.78, 5) is 39.2. The molecule has 0 fully saturated rings. The second-order valence-electron chi connectivity index (χ2n) is 7.00. The summed E-state index contributed by atoms with van der Waals surface area (Å²) in [5, 5.41) is 3.20. The van der Waals surface area contributed by atoms with E-state index in [1.54, 1.807) is 52.1 Å². The summed E-state index contributed by atoms with van der Waals surface area (Å²) in [7, 11) is 2.76. The maximum atomic E-state index is 12.4.